The van der Waals surface area contributed by atoms with Crippen molar-refractivity contribution in [3.63, 3.8) is 0 Å². The molecular weight excluding hydrogens is 209 g/mol. The van der Waals surface area contributed by atoms with Crippen LogP contribution in [0.15, 0.2) is 10.5 Å². The molecule has 0 saturated carbocycles. The van der Waals surface area contributed by atoms with Crippen molar-refractivity contribution in [2.75, 3.05) is 5.73 Å². The average molecular weight is 218 g/mol. The molecule has 0 aliphatic heterocycles. The molecule has 0 fully saturated rings. The van der Waals surface area contributed by atoms with Gasteiger partial charge in [0.2, 0.25) is 0 Å². The van der Waals surface area contributed by atoms with Gasteiger partial charge in [0.1, 0.15) is 0 Å². The summed E-state index contributed by atoms with van der Waals surface area (Å²) in [4.78, 5) is 0. The van der Waals surface area contributed by atoms with Gasteiger partial charge in [0, 0.05) is 0 Å². The molecule has 3 heteroatoms. The highest BCUT2D eigenvalue weighted by atomic mass is 79.9. The van der Waals surface area contributed by atoms with E-state index in [2.05, 4.69) is 15.9 Å². The molecule has 60 valence electrons. The molecular formula is C8H9BrFN. The van der Waals surface area contributed by atoms with Gasteiger partial charge in [0.05, 0.1) is 10.2 Å². The summed E-state index contributed by atoms with van der Waals surface area (Å²) in [6, 6.07) is 1.85. The predicted octanol–water partition coefficient (Wildman–Crippen LogP) is 2.79. The van der Waals surface area contributed by atoms with Crippen LogP contribution in [0.25, 0.3) is 0 Å². The molecule has 11 heavy (non-hydrogen) atoms. The predicted molar refractivity (Wildman–Crippen MR) is 48.0 cm³/mol. The molecule has 0 bridgehead atoms. The van der Waals surface area contributed by atoms with E-state index < -0.39 is 0 Å². The third-order valence-electron chi connectivity index (χ3n) is 1.63. The van der Waals surface area contributed by atoms with Crippen molar-refractivity contribution < 1.29 is 4.39 Å². The van der Waals surface area contributed by atoms with Crippen LogP contribution < -0.4 is 5.73 Å². The van der Waals surface area contributed by atoms with Gasteiger partial charge in [-0.05, 0) is 40.9 Å². The molecule has 1 aromatic carbocycles. The van der Waals surface area contributed by atoms with Crippen molar-refractivity contribution in [2.45, 2.75) is 13.8 Å². The second-order valence-corrected chi connectivity index (χ2v) is 3.35. The molecule has 1 rings (SSSR count). The fourth-order valence-corrected chi connectivity index (χ4v) is 1.26. The number of benzene rings is 1. The van der Waals surface area contributed by atoms with Crippen molar-refractivity contribution >= 4 is 21.6 Å². The lowest BCUT2D eigenvalue weighted by atomic mass is 10.1. The van der Waals surface area contributed by atoms with E-state index in [1.807, 2.05) is 13.0 Å². The first-order chi connectivity index (χ1) is 5.04. The molecule has 0 amide bonds. The third kappa shape index (κ3) is 1.38. The Labute approximate surface area is 73.5 Å². The van der Waals surface area contributed by atoms with E-state index in [-0.39, 0.29) is 11.5 Å². The van der Waals surface area contributed by atoms with Crippen LogP contribution in [0.2, 0.25) is 0 Å². The molecule has 0 spiro atoms. The standard InChI is InChI=1S/C8H9BrFN/c1-4-3-5(2)8(11)7(10)6(4)9/h3H,11H2,1-2H3. The Morgan fingerprint density at radius 3 is 2.45 bits per heavy atom. The Morgan fingerprint density at radius 2 is 1.91 bits per heavy atom. The quantitative estimate of drug-likeness (QED) is 0.665. The van der Waals surface area contributed by atoms with Gasteiger partial charge in [-0.15, -0.1) is 0 Å². The van der Waals surface area contributed by atoms with E-state index in [1.165, 1.54) is 0 Å². The van der Waals surface area contributed by atoms with Crippen LogP contribution in [0.1, 0.15) is 11.1 Å². The number of aryl methyl sites for hydroxylation is 2. The molecule has 0 saturated heterocycles. The van der Waals surface area contributed by atoms with Gasteiger partial charge in [-0.3, -0.25) is 0 Å². The van der Waals surface area contributed by atoms with Crippen LogP contribution in [0.3, 0.4) is 0 Å². The zero-order chi connectivity index (χ0) is 8.59. The lowest BCUT2D eigenvalue weighted by Gasteiger charge is -2.05. The Kier molecular flexibility index (Phi) is 2.18. The molecule has 0 radical (unpaired) electrons. The summed E-state index contributed by atoms with van der Waals surface area (Å²) in [5, 5.41) is 0. The first kappa shape index (κ1) is 8.53. The minimum Gasteiger partial charge on any atom is -0.396 e. The van der Waals surface area contributed by atoms with Crippen molar-refractivity contribution in [1.82, 2.24) is 0 Å². The van der Waals surface area contributed by atoms with Crippen LogP contribution in [0.4, 0.5) is 10.1 Å². The number of nitrogen functional groups attached to an aromatic ring is 1. The fraction of sp³-hybridized carbons (Fsp3) is 0.250. The van der Waals surface area contributed by atoms with E-state index in [4.69, 9.17) is 5.73 Å². The summed E-state index contributed by atoms with van der Waals surface area (Å²) < 4.78 is 13.5. The second-order valence-electron chi connectivity index (χ2n) is 2.55. The van der Waals surface area contributed by atoms with Gasteiger partial charge in [-0.2, -0.15) is 0 Å². The Bertz CT molecular complexity index is 270. The largest absolute Gasteiger partial charge is 0.396 e. The summed E-state index contributed by atoms with van der Waals surface area (Å²) in [6.07, 6.45) is 0. The molecule has 0 aliphatic carbocycles. The highest BCUT2D eigenvalue weighted by Crippen LogP contribution is 2.27. The normalized spacial score (nSPS) is 10.2. The maximum atomic E-state index is 13.1. The first-order valence-corrected chi connectivity index (χ1v) is 4.04. The highest BCUT2D eigenvalue weighted by molar-refractivity contribution is 9.10. The molecule has 1 nitrogen and oxygen atoms in total. The Hall–Kier alpha value is -0.570. The van der Waals surface area contributed by atoms with Gasteiger partial charge >= 0.3 is 0 Å². The van der Waals surface area contributed by atoms with Gasteiger partial charge in [-0.1, -0.05) is 6.07 Å². The van der Waals surface area contributed by atoms with E-state index in [1.54, 1.807) is 6.92 Å². The van der Waals surface area contributed by atoms with E-state index >= 15 is 0 Å². The number of halogens is 2. The number of anilines is 1. The lowest BCUT2D eigenvalue weighted by molar-refractivity contribution is 0.623. The maximum Gasteiger partial charge on any atom is 0.160 e. The monoisotopic (exact) mass is 217 g/mol. The fourth-order valence-electron chi connectivity index (χ4n) is 0.930. The summed E-state index contributed by atoms with van der Waals surface area (Å²) in [5.74, 6) is -0.359. The van der Waals surface area contributed by atoms with Crippen molar-refractivity contribution in [3.8, 4) is 0 Å². The van der Waals surface area contributed by atoms with Gasteiger partial charge in [0.25, 0.3) is 0 Å². The van der Waals surface area contributed by atoms with Gasteiger partial charge in [-0.25, -0.2) is 4.39 Å². The molecule has 0 unspecified atom stereocenters. The number of rotatable bonds is 0. The number of nitrogens with two attached hydrogens (primary N) is 1. The first-order valence-electron chi connectivity index (χ1n) is 3.24. The minimum atomic E-state index is -0.359. The topological polar surface area (TPSA) is 26.0 Å². The number of hydrogen-bond acceptors (Lipinski definition) is 1. The SMILES string of the molecule is Cc1cc(C)c(Br)c(F)c1N. The van der Waals surface area contributed by atoms with Gasteiger partial charge in [0.15, 0.2) is 5.82 Å². The van der Waals surface area contributed by atoms with Crippen LogP contribution in [0, 0.1) is 19.7 Å². The smallest absolute Gasteiger partial charge is 0.160 e. The van der Waals surface area contributed by atoms with Crippen LogP contribution in [-0.4, -0.2) is 0 Å². The Morgan fingerprint density at radius 1 is 1.36 bits per heavy atom. The van der Waals surface area contributed by atoms with Gasteiger partial charge < -0.3 is 5.73 Å². The second kappa shape index (κ2) is 2.81. The highest BCUT2D eigenvalue weighted by Gasteiger charge is 2.08. The van der Waals surface area contributed by atoms with Crippen LogP contribution >= 0.6 is 15.9 Å². The summed E-state index contributed by atoms with van der Waals surface area (Å²) in [7, 11) is 0. The molecule has 1 aromatic rings. The zero-order valence-corrected chi connectivity index (χ0v) is 8.00. The molecule has 2 N–H and O–H groups in total. The van der Waals surface area contributed by atoms with Crippen LogP contribution in [-0.2, 0) is 0 Å². The third-order valence-corrected chi connectivity index (χ3v) is 2.61. The van der Waals surface area contributed by atoms with Crippen LogP contribution in [0.5, 0.6) is 0 Å². The number of hydrogen-bond donors (Lipinski definition) is 1. The molecule has 0 heterocycles. The van der Waals surface area contributed by atoms with Crippen molar-refractivity contribution in [1.29, 1.82) is 0 Å². The molecule has 0 atom stereocenters. The van der Waals surface area contributed by atoms with E-state index in [0.717, 1.165) is 11.1 Å². The Balaban J connectivity index is 3.46. The molecule has 0 aromatic heterocycles. The average Bonchev–Trinajstić information content (AvgIpc) is 1.97. The summed E-state index contributed by atoms with van der Waals surface area (Å²) in [6.45, 7) is 3.62. The summed E-state index contributed by atoms with van der Waals surface area (Å²) >= 11 is 3.11. The summed E-state index contributed by atoms with van der Waals surface area (Å²) in [5.41, 5.74) is 7.32. The van der Waals surface area contributed by atoms with E-state index in [9.17, 15) is 4.39 Å². The van der Waals surface area contributed by atoms with E-state index in [0.29, 0.717) is 4.47 Å². The lowest BCUT2D eigenvalue weighted by Crippen LogP contribution is -1.96. The van der Waals surface area contributed by atoms with Crippen molar-refractivity contribution in [2.24, 2.45) is 0 Å². The molecule has 0 aliphatic rings. The minimum absolute atomic E-state index is 0.225. The maximum absolute atomic E-state index is 13.1. The zero-order valence-electron chi connectivity index (χ0n) is 6.41. The van der Waals surface area contributed by atoms with Crippen molar-refractivity contribution in [3.05, 3.63) is 27.5 Å².